The Morgan fingerprint density at radius 2 is 1.95 bits per heavy atom. The number of halogens is 1. The quantitative estimate of drug-likeness (QED) is 0.915. The first-order valence-electron chi connectivity index (χ1n) is 5.99. The summed E-state index contributed by atoms with van der Waals surface area (Å²) in [6, 6.07) is 13.4. The molecule has 1 atom stereocenters. The van der Waals surface area contributed by atoms with E-state index in [-0.39, 0.29) is 6.04 Å². The number of aromatic nitrogens is 1. The molecule has 0 aliphatic heterocycles. The SMILES string of the molecule is Cc1cc(C#N)cc(NC(C)c2ccc(Cl)cc2)n1. The van der Waals surface area contributed by atoms with Crippen LogP contribution in [0.1, 0.15) is 29.8 Å². The van der Waals surface area contributed by atoms with E-state index in [1.54, 1.807) is 12.1 Å². The summed E-state index contributed by atoms with van der Waals surface area (Å²) in [6.45, 7) is 3.91. The van der Waals surface area contributed by atoms with Gasteiger partial charge < -0.3 is 5.32 Å². The van der Waals surface area contributed by atoms with E-state index in [4.69, 9.17) is 16.9 Å². The average molecular weight is 272 g/mol. The third-order valence-electron chi connectivity index (χ3n) is 2.82. The Hall–Kier alpha value is -2.05. The zero-order chi connectivity index (χ0) is 13.8. The number of anilines is 1. The van der Waals surface area contributed by atoms with Crippen LogP contribution in [0.2, 0.25) is 5.02 Å². The fourth-order valence-corrected chi connectivity index (χ4v) is 1.99. The van der Waals surface area contributed by atoms with E-state index in [1.807, 2.05) is 38.1 Å². The molecule has 0 spiro atoms. The van der Waals surface area contributed by atoms with Crippen LogP contribution in [0.3, 0.4) is 0 Å². The maximum absolute atomic E-state index is 8.95. The van der Waals surface area contributed by atoms with Gasteiger partial charge in [0.2, 0.25) is 0 Å². The van der Waals surface area contributed by atoms with Crippen LogP contribution in [0.4, 0.5) is 5.82 Å². The zero-order valence-electron chi connectivity index (χ0n) is 10.8. The van der Waals surface area contributed by atoms with Crippen molar-refractivity contribution in [2.24, 2.45) is 0 Å². The lowest BCUT2D eigenvalue weighted by Gasteiger charge is -2.15. The number of benzene rings is 1. The fraction of sp³-hybridized carbons (Fsp3) is 0.200. The lowest BCUT2D eigenvalue weighted by Crippen LogP contribution is -2.08. The minimum atomic E-state index is 0.0955. The Labute approximate surface area is 117 Å². The second-order valence-electron chi connectivity index (χ2n) is 4.41. The van der Waals surface area contributed by atoms with Crippen LogP contribution in [0.5, 0.6) is 0 Å². The van der Waals surface area contributed by atoms with Gasteiger partial charge >= 0.3 is 0 Å². The summed E-state index contributed by atoms with van der Waals surface area (Å²) in [7, 11) is 0. The maximum atomic E-state index is 8.95. The Morgan fingerprint density at radius 1 is 1.26 bits per heavy atom. The first kappa shape index (κ1) is 13.4. The van der Waals surface area contributed by atoms with Gasteiger partial charge in [-0.05, 0) is 43.7 Å². The fourth-order valence-electron chi connectivity index (χ4n) is 1.86. The van der Waals surface area contributed by atoms with Gasteiger partial charge in [0.15, 0.2) is 0 Å². The lowest BCUT2D eigenvalue weighted by molar-refractivity contribution is 0.872. The van der Waals surface area contributed by atoms with E-state index >= 15 is 0 Å². The molecule has 96 valence electrons. The van der Waals surface area contributed by atoms with E-state index in [0.29, 0.717) is 11.4 Å². The maximum Gasteiger partial charge on any atom is 0.127 e. The molecule has 0 saturated carbocycles. The Kier molecular flexibility index (Phi) is 4.03. The molecule has 1 aromatic heterocycles. The standard InChI is InChI=1S/C15H14ClN3/c1-10-7-12(9-17)8-15(18-10)19-11(2)13-3-5-14(16)6-4-13/h3-8,11H,1-2H3,(H,18,19). The second-order valence-corrected chi connectivity index (χ2v) is 4.85. The predicted molar refractivity (Wildman–Crippen MR) is 77.2 cm³/mol. The van der Waals surface area contributed by atoms with Gasteiger partial charge in [-0.2, -0.15) is 5.26 Å². The van der Waals surface area contributed by atoms with Crippen molar-refractivity contribution in [2.45, 2.75) is 19.9 Å². The van der Waals surface area contributed by atoms with E-state index in [0.717, 1.165) is 16.3 Å². The van der Waals surface area contributed by atoms with Crippen LogP contribution in [0.25, 0.3) is 0 Å². The van der Waals surface area contributed by atoms with Crippen molar-refractivity contribution in [3.8, 4) is 6.07 Å². The van der Waals surface area contributed by atoms with E-state index in [1.165, 1.54) is 0 Å². The Bertz CT molecular complexity index is 614. The molecular weight excluding hydrogens is 258 g/mol. The van der Waals surface area contributed by atoms with Crippen molar-refractivity contribution < 1.29 is 0 Å². The number of nitrogens with zero attached hydrogens (tertiary/aromatic N) is 2. The van der Waals surface area contributed by atoms with Crippen LogP contribution >= 0.6 is 11.6 Å². The largest absolute Gasteiger partial charge is 0.364 e. The summed E-state index contributed by atoms with van der Waals surface area (Å²) < 4.78 is 0. The molecule has 1 heterocycles. The number of nitrogens with one attached hydrogen (secondary N) is 1. The molecule has 2 rings (SSSR count). The van der Waals surface area contributed by atoms with Crippen molar-refractivity contribution >= 4 is 17.4 Å². The third kappa shape index (κ3) is 3.46. The van der Waals surface area contributed by atoms with E-state index in [2.05, 4.69) is 16.4 Å². The van der Waals surface area contributed by atoms with Gasteiger partial charge in [-0.1, -0.05) is 23.7 Å². The third-order valence-corrected chi connectivity index (χ3v) is 3.07. The molecule has 0 aliphatic rings. The molecule has 0 radical (unpaired) electrons. The van der Waals surface area contributed by atoms with E-state index in [9.17, 15) is 0 Å². The molecule has 1 N–H and O–H groups in total. The number of rotatable bonds is 3. The second kappa shape index (κ2) is 5.73. The predicted octanol–water partition coefficient (Wildman–Crippen LogP) is 4.09. The van der Waals surface area contributed by atoms with Crippen LogP contribution in [0, 0.1) is 18.3 Å². The lowest BCUT2D eigenvalue weighted by atomic mass is 10.1. The van der Waals surface area contributed by atoms with Crippen molar-refractivity contribution in [1.29, 1.82) is 5.26 Å². The molecule has 0 saturated heterocycles. The molecule has 19 heavy (non-hydrogen) atoms. The molecule has 2 aromatic rings. The van der Waals surface area contributed by atoms with Crippen molar-refractivity contribution in [3.63, 3.8) is 0 Å². The minimum absolute atomic E-state index is 0.0955. The summed E-state index contributed by atoms with van der Waals surface area (Å²) >= 11 is 5.87. The number of nitriles is 1. The minimum Gasteiger partial charge on any atom is -0.364 e. The van der Waals surface area contributed by atoms with Gasteiger partial charge in [-0.3, -0.25) is 0 Å². The van der Waals surface area contributed by atoms with Crippen LogP contribution in [-0.4, -0.2) is 4.98 Å². The normalized spacial score (nSPS) is 11.7. The number of pyridine rings is 1. The van der Waals surface area contributed by atoms with E-state index < -0.39 is 0 Å². The smallest absolute Gasteiger partial charge is 0.127 e. The summed E-state index contributed by atoms with van der Waals surface area (Å²) in [4.78, 5) is 4.38. The van der Waals surface area contributed by atoms with Crippen molar-refractivity contribution in [2.75, 3.05) is 5.32 Å². The van der Waals surface area contributed by atoms with Gasteiger partial charge in [0.05, 0.1) is 11.6 Å². The number of hydrogen-bond acceptors (Lipinski definition) is 3. The van der Waals surface area contributed by atoms with Gasteiger partial charge in [0.25, 0.3) is 0 Å². The van der Waals surface area contributed by atoms with Crippen molar-refractivity contribution in [1.82, 2.24) is 4.98 Å². The highest BCUT2D eigenvalue weighted by Gasteiger charge is 2.07. The molecule has 3 nitrogen and oxygen atoms in total. The topological polar surface area (TPSA) is 48.7 Å². The molecule has 0 bridgehead atoms. The molecule has 1 unspecified atom stereocenters. The Morgan fingerprint density at radius 3 is 2.58 bits per heavy atom. The highest BCUT2D eigenvalue weighted by molar-refractivity contribution is 6.30. The molecule has 1 aromatic carbocycles. The van der Waals surface area contributed by atoms with Gasteiger partial charge in [0, 0.05) is 16.8 Å². The van der Waals surface area contributed by atoms with Crippen LogP contribution < -0.4 is 5.32 Å². The highest BCUT2D eigenvalue weighted by atomic mass is 35.5. The summed E-state index contributed by atoms with van der Waals surface area (Å²) in [6.07, 6.45) is 0. The first-order valence-corrected chi connectivity index (χ1v) is 6.37. The number of hydrogen-bond donors (Lipinski definition) is 1. The van der Waals surface area contributed by atoms with Gasteiger partial charge in [-0.25, -0.2) is 4.98 Å². The first-order chi connectivity index (χ1) is 9.08. The molecule has 0 fully saturated rings. The summed E-state index contributed by atoms with van der Waals surface area (Å²) in [5.41, 5.74) is 2.55. The Balaban J connectivity index is 2.19. The number of aryl methyl sites for hydroxylation is 1. The van der Waals surface area contributed by atoms with Crippen LogP contribution in [-0.2, 0) is 0 Å². The molecular formula is C15H14ClN3. The van der Waals surface area contributed by atoms with Gasteiger partial charge in [0.1, 0.15) is 5.82 Å². The van der Waals surface area contributed by atoms with Gasteiger partial charge in [-0.15, -0.1) is 0 Å². The average Bonchev–Trinajstić information content (AvgIpc) is 2.38. The summed E-state index contributed by atoms with van der Waals surface area (Å²) in [5.74, 6) is 0.707. The zero-order valence-corrected chi connectivity index (χ0v) is 11.6. The molecule has 0 aliphatic carbocycles. The molecule has 0 amide bonds. The molecule has 4 heteroatoms. The van der Waals surface area contributed by atoms with Crippen LogP contribution in [0.15, 0.2) is 36.4 Å². The highest BCUT2D eigenvalue weighted by Crippen LogP contribution is 2.20. The summed E-state index contributed by atoms with van der Waals surface area (Å²) in [5, 5.41) is 13.0. The van der Waals surface area contributed by atoms with Crippen molar-refractivity contribution in [3.05, 3.63) is 58.2 Å². The monoisotopic (exact) mass is 271 g/mol.